The van der Waals surface area contributed by atoms with Crippen LogP contribution in [0.4, 0.5) is 0 Å². The van der Waals surface area contributed by atoms with Crippen LogP contribution in [0.15, 0.2) is 0 Å². The molecular formula is C12H21NO2. The van der Waals surface area contributed by atoms with Gasteiger partial charge < -0.3 is 10.0 Å². The van der Waals surface area contributed by atoms with Crippen molar-refractivity contribution < 1.29 is 9.90 Å². The first-order valence-electron chi connectivity index (χ1n) is 6.09. The standard InChI is InChI=1S/C12H21NO2/c1-13-7-6-10(8-12(13)15)9-2-4-11(14)5-3-9/h9-11,14H,2-8H2,1H3. The van der Waals surface area contributed by atoms with Crippen molar-refractivity contribution in [2.45, 2.75) is 44.6 Å². The molecule has 0 aromatic heterocycles. The highest BCUT2D eigenvalue weighted by molar-refractivity contribution is 5.76. The first-order valence-corrected chi connectivity index (χ1v) is 6.09. The van der Waals surface area contributed by atoms with Gasteiger partial charge in [-0.15, -0.1) is 0 Å². The maximum absolute atomic E-state index is 11.6. The Morgan fingerprint density at radius 1 is 1.13 bits per heavy atom. The van der Waals surface area contributed by atoms with Crippen LogP contribution in [0.1, 0.15) is 38.5 Å². The zero-order valence-electron chi connectivity index (χ0n) is 9.48. The molecule has 1 unspecified atom stereocenters. The third-order valence-electron chi connectivity index (χ3n) is 4.11. The normalized spacial score (nSPS) is 38.1. The SMILES string of the molecule is CN1CCC(C2CCC(O)CC2)CC1=O. The second kappa shape index (κ2) is 4.52. The summed E-state index contributed by atoms with van der Waals surface area (Å²) < 4.78 is 0. The number of aliphatic hydroxyl groups excluding tert-OH is 1. The van der Waals surface area contributed by atoms with Gasteiger partial charge in [0.15, 0.2) is 0 Å². The van der Waals surface area contributed by atoms with Gasteiger partial charge in [-0.1, -0.05) is 0 Å². The molecule has 2 rings (SSSR count). The molecule has 1 heterocycles. The van der Waals surface area contributed by atoms with E-state index >= 15 is 0 Å². The molecule has 1 aliphatic carbocycles. The van der Waals surface area contributed by atoms with E-state index < -0.39 is 0 Å². The van der Waals surface area contributed by atoms with Gasteiger partial charge in [0.05, 0.1) is 6.10 Å². The Kier molecular flexibility index (Phi) is 3.29. The van der Waals surface area contributed by atoms with E-state index in [1.54, 1.807) is 0 Å². The second-order valence-corrected chi connectivity index (χ2v) is 5.14. The first-order chi connectivity index (χ1) is 7.16. The molecule has 1 atom stereocenters. The van der Waals surface area contributed by atoms with Crippen LogP contribution in [-0.4, -0.2) is 35.6 Å². The lowest BCUT2D eigenvalue weighted by Gasteiger charge is -2.36. The van der Waals surface area contributed by atoms with E-state index in [0.29, 0.717) is 17.7 Å². The van der Waals surface area contributed by atoms with Crippen molar-refractivity contribution in [3.8, 4) is 0 Å². The molecule has 1 saturated carbocycles. The third-order valence-corrected chi connectivity index (χ3v) is 4.11. The van der Waals surface area contributed by atoms with Crippen molar-refractivity contribution in [2.75, 3.05) is 13.6 Å². The zero-order valence-corrected chi connectivity index (χ0v) is 9.48. The van der Waals surface area contributed by atoms with E-state index in [9.17, 15) is 9.90 Å². The highest BCUT2D eigenvalue weighted by atomic mass is 16.3. The largest absolute Gasteiger partial charge is 0.393 e. The van der Waals surface area contributed by atoms with Crippen molar-refractivity contribution in [1.29, 1.82) is 0 Å². The maximum atomic E-state index is 11.6. The average Bonchev–Trinajstić information content (AvgIpc) is 2.23. The summed E-state index contributed by atoms with van der Waals surface area (Å²) in [7, 11) is 1.89. The molecule has 15 heavy (non-hydrogen) atoms. The van der Waals surface area contributed by atoms with Gasteiger partial charge in [-0.25, -0.2) is 0 Å². The Balaban J connectivity index is 1.86. The Hall–Kier alpha value is -0.570. The fourth-order valence-corrected chi connectivity index (χ4v) is 2.94. The molecule has 3 nitrogen and oxygen atoms in total. The minimum absolute atomic E-state index is 0.0804. The second-order valence-electron chi connectivity index (χ2n) is 5.14. The van der Waals surface area contributed by atoms with E-state index in [0.717, 1.165) is 45.1 Å². The number of hydrogen-bond acceptors (Lipinski definition) is 2. The maximum Gasteiger partial charge on any atom is 0.222 e. The van der Waals surface area contributed by atoms with E-state index in [2.05, 4.69) is 0 Å². The van der Waals surface area contributed by atoms with Crippen LogP contribution in [-0.2, 0) is 4.79 Å². The first kappa shape index (κ1) is 10.9. The summed E-state index contributed by atoms with van der Waals surface area (Å²) in [5.41, 5.74) is 0. The summed E-state index contributed by atoms with van der Waals surface area (Å²) in [5.74, 6) is 1.57. The van der Waals surface area contributed by atoms with Crippen LogP contribution in [0.2, 0.25) is 0 Å². The number of hydrogen-bond donors (Lipinski definition) is 1. The van der Waals surface area contributed by atoms with Crippen LogP contribution in [0.3, 0.4) is 0 Å². The summed E-state index contributed by atoms with van der Waals surface area (Å²) in [5, 5.41) is 9.44. The highest BCUT2D eigenvalue weighted by Crippen LogP contribution is 2.35. The fraction of sp³-hybridized carbons (Fsp3) is 0.917. The molecule has 1 amide bonds. The molecule has 2 aliphatic rings. The van der Waals surface area contributed by atoms with E-state index in [4.69, 9.17) is 0 Å². The molecule has 1 N–H and O–H groups in total. The molecule has 2 fully saturated rings. The van der Waals surface area contributed by atoms with Crippen molar-refractivity contribution in [1.82, 2.24) is 4.90 Å². The van der Waals surface area contributed by atoms with Gasteiger partial charge in [-0.05, 0) is 43.9 Å². The number of nitrogens with zero attached hydrogens (tertiary/aromatic N) is 1. The van der Waals surface area contributed by atoms with Gasteiger partial charge in [-0.2, -0.15) is 0 Å². The number of piperidine rings is 1. The molecule has 0 aromatic rings. The van der Waals surface area contributed by atoms with Gasteiger partial charge in [-0.3, -0.25) is 4.79 Å². The predicted molar refractivity (Wildman–Crippen MR) is 58.3 cm³/mol. The summed E-state index contributed by atoms with van der Waals surface area (Å²) in [4.78, 5) is 13.4. The van der Waals surface area contributed by atoms with E-state index in [1.165, 1.54) is 0 Å². The minimum atomic E-state index is -0.0804. The van der Waals surface area contributed by atoms with Crippen LogP contribution in [0.5, 0.6) is 0 Å². The van der Waals surface area contributed by atoms with Gasteiger partial charge >= 0.3 is 0 Å². The molecule has 1 aliphatic heterocycles. The van der Waals surface area contributed by atoms with E-state index in [1.807, 2.05) is 11.9 Å². The smallest absolute Gasteiger partial charge is 0.222 e. The molecule has 1 saturated heterocycles. The zero-order chi connectivity index (χ0) is 10.8. The summed E-state index contributed by atoms with van der Waals surface area (Å²) in [6.07, 6.45) is 5.91. The number of rotatable bonds is 1. The quantitative estimate of drug-likeness (QED) is 0.712. The Labute approximate surface area is 91.5 Å². The number of amides is 1. The minimum Gasteiger partial charge on any atom is -0.393 e. The molecule has 3 heteroatoms. The summed E-state index contributed by atoms with van der Waals surface area (Å²) >= 11 is 0. The Morgan fingerprint density at radius 2 is 1.80 bits per heavy atom. The lowest BCUT2D eigenvalue weighted by molar-refractivity contribution is -0.134. The number of carbonyl (C=O) groups is 1. The Bertz CT molecular complexity index is 234. The van der Waals surface area contributed by atoms with Gasteiger partial charge in [0.25, 0.3) is 0 Å². The molecule has 86 valence electrons. The van der Waals surface area contributed by atoms with Crippen LogP contribution in [0, 0.1) is 11.8 Å². The fourth-order valence-electron chi connectivity index (χ4n) is 2.94. The van der Waals surface area contributed by atoms with Gasteiger partial charge in [0.1, 0.15) is 0 Å². The lowest BCUT2D eigenvalue weighted by atomic mass is 9.75. The monoisotopic (exact) mass is 211 g/mol. The highest BCUT2D eigenvalue weighted by Gasteiger charge is 2.31. The van der Waals surface area contributed by atoms with Crippen LogP contribution in [0.25, 0.3) is 0 Å². The lowest BCUT2D eigenvalue weighted by Crippen LogP contribution is -2.39. The average molecular weight is 211 g/mol. The Morgan fingerprint density at radius 3 is 2.40 bits per heavy atom. The van der Waals surface area contributed by atoms with Crippen LogP contribution >= 0.6 is 0 Å². The summed E-state index contributed by atoms with van der Waals surface area (Å²) in [6.45, 7) is 0.919. The topological polar surface area (TPSA) is 40.5 Å². The van der Waals surface area contributed by atoms with Crippen molar-refractivity contribution in [3.63, 3.8) is 0 Å². The third kappa shape index (κ3) is 2.51. The number of aliphatic hydroxyl groups is 1. The molecule has 0 spiro atoms. The summed E-state index contributed by atoms with van der Waals surface area (Å²) in [6, 6.07) is 0. The number of likely N-dealkylation sites (tertiary alicyclic amines) is 1. The van der Waals surface area contributed by atoms with Crippen LogP contribution < -0.4 is 0 Å². The van der Waals surface area contributed by atoms with Crippen molar-refractivity contribution in [2.24, 2.45) is 11.8 Å². The molecule has 0 radical (unpaired) electrons. The van der Waals surface area contributed by atoms with Crippen molar-refractivity contribution in [3.05, 3.63) is 0 Å². The molecule has 0 bridgehead atoms. The van der Waals surface area contributed by atoms with Gasteiger partial charge in [0, 0.05) is 20.0 Å². The van der Waals surface area contributed by atoms with E-state index in [-0.39, 0.29) is 6.10 Å². The molecular weight excluding hydrogens is 190 g/mol. The number of carbonyl (C=O) groups excluding carboxylic acids is 1. The molecule has 0 aromatic carbocycles. The van der Waals surface area contributed by atoms with Gasteiger partial charge in [0.2, 0.25) is 5.91 Å². The predicted octanol–water partition coefficient (Wildman–Crippen LogP) is 1.41. The van der Waals surface area contributed by atoms with Crippen molar-refractivity contribution >= 4 is 5.91 Å².